The Bertz CT molecular complexity index is 274. The Labute approximate surface area is 112 Å². The smallest absolute Gasteiger partial charge is 0.236 e. The average molecular weight is 283 g/mol. The number of carbonyl (C=O) groups is 1. The molecule has 0 radical (unpaired) electrons. The Morgan fingerprint density at radius 1 is 1.53 bits per heavy atom. The molecule has 0 aliphatic heterocycles. The molecule has 1 amide bonds. The van der Waals surface area contributed by atoms with Crippen LogP contribution in [0.4, 0.5) is 0 Å². The van der Waals surface area contributed by atoms with Gasteiger partial charge in [0.25, 0.3) is 0 Å². The van der Waals surface area contributed by atoms with Crippen LogP contribution in [0.2, 0.25) is 0 Å². The van der Waals surface area contributed by atoms with Crippen molar-refractivity contribution in [3.05, 3.63) is 0 Å². The maximum Gasteiger partial charge on any atom is 0.236 e. The maximum absolute atomic E-state index is 11.7. The third-order valence-electron chi connectivity index (χ3n) is 3.04. The molecule has 1 fully saturated rings. The normalized spacial score (nSPS) is 27.7. The first-order valence-corrected chi connectivity index (χ1v) is 7.36. The second kappa shape index (κ2) is 8.06. The largest absolute Gasteiger partial charge is 0.352 e. The molecule has 0 aromatic rings. The van der Waals surface area contributed by atoms with Crippen LogP contribution in [0.3, 0.4) is 0 Å². The molecule has 1 rings (SSSR count). The SMILES string of the molecule is CCS(=O)C1CCCC(NC(=O)[C@H](C)N)C1.Cl. The molecule has 1 aliphatic rings. The molecule has 17 heavy (non-hydrogen) atoms. The summed E-state index contributed by atoms with van der Waals surface area (Å²) in [5.41, 5.74) is 5.50. The van der Waals surface area contributed by atoms with Gasteiger partial charge < -0.3 is 11.1 Å². The van der Waals surface area contributed by atoms with Gasteiger partial charge in [0, 0.05) is 27.8 Å². The lowest BCUT2D eigenvalue weighted by atomic mass is 9.95. The molecule has 4 atom stereocenters. The molecule has 3 unspecified atom stereocenters. The van der Waals surface area contributed by atoms with E-state index in [2.05, 4.69) is 5.32 Å². The highest BCUT2D eigenvalue weighted by Crippen LogP contribution is 2.22. The Hall–Kier alpha value is -0.130. The van der Waals surface area contributed by atoms with Crippen LogP contribution >= 0.6 is 12.4 Å². The highest BCUT2D eigenvalue weighted by atomic mass is 35.5. The van der Waals surface area contributed by atoms with Crippen molar-refractivity contribution >= 4 is 29.1 Å². The second-order valence-corrected chi connectivity index (χ2v) is 6.46. The minimum absolute atomic E-state index is 0. The topological polar surface area (TPSA) is 72.2 Å². The van der Waals surface area contributed by atoms with Gasteiger partial charge in [0.1, 0.15) is 0 Å². The lowest BCUT2D eigenvalue weighted by molar-refractivity contribution is -0.122. The number of nitrogens with one attached hydrogen (secondary N) is 1. The van der Waals surface area contributed by atoms with Crippen molar-refractivity contribution in [2.24, 2.45) is 5.73 Å². The van der Waals surface area contributed by atoms with Crippen LogP contribution in [0.5, 0.6) is 0 Å². The van der Waals surface area contributed by atoms with Gasteiger partial charge in [-0.3, -0.25) is 9.00 Å². The first-order valence-electron chi connectivity index (χ1n) is 5.97. The fraction of sp³-hybridized carbons (Fsp3) is 0.909. The van der Waals surface area contributed by atoms with Gasteiger partial charge in [-0.05, 0) is 26.2 Å². The highest BCUT2D eigenvalue weighted by molar-refractivity contribution is 7.85. The van der Waals surface area contributed by atoms with Gasteiger partial charge in [-0.25, -0.2) is 0 Å². The Balaban J connectivity index is 0.00000256. The number of rotatable bonds is 4. The predicted molar refractivity (Wildman–Crippen MR) is 73.8 cm³/mol. The van der Waals surface area contributed by atoms with Crippen LogP contribution in [0.1, 0.15) is 39.5 Å². The molecule has 0 saturated heterocycles. The first-order chi connectivity index (χ1) is 7.54. The molecular formula is C11H23ClN2O2S. The van der Waals surface area contributed by atoms with Gasteiger partial charge in [0.15, 0.2) is 0 Å². The summed E-state index contributed by atoms with van der Waals surface area (Å²) in [6.45, 7) is 3.63. The molecule has 0 aromatic carbocycles. The van der Waals surface area contributed by atoms with Gasteiger partial charge >= 0.3 is 0 Å². The summed E-state index contributed by atoms with van der Waals surface area (Å²) >= 11 is 0. The van der Waals surface area contributed by atoms with E-state index < -0.39 is 16.8 Å². The van der Waals surface area contributed by atoms with Crippen molar-refractivity contribution in [1.29, 1.82) is 0 Å². The van der Waals surface area contributed by atoms with E-state index in [1.54, 1.807) is 6.92 Å². The van der Waals surface area contributed by atoms with E-state index in [1.165, 1.54) is 0 Å². The molecule has 3 N–H and O–H groups in total. The van der Waals surface area contributed by atoms with E-state index in [-0.39, 0.29) is 29.6 Å². The molecular weight excluding hydrogens is 260 g/mol. The second-order valence-electron chi connectivity index (χ2n) is 4.45. The van der Waals surface area contributed by atoms with Gasteiger partial charge in [0.05, 0.1) is 6.04 Å². The molecule has 0 bridgehead atoms. The lowest BCUT2D eigenvalue weighted by Gasteiger charge is -2.29. The summed E-state index contributed by atoms with van der Waals surface area (Å²) in [7, 11) is -0.742. The fourth-order valence-corrected chi connectivity index (χ4v) is 3.43. The van der Waals surface area contributed by atoms with Crippen molar-refractivity contribution in [1.82, 2.24) is 5.32 Å². The summed E-state index contributed by atoms with van der Waals surface area (Å²) in [6, 6.07) is -0.301. The van der Waals surface area contributed by atoms with Crippen molar-refractivity contribution in [2.75, 3.05) is 5.75 Å². The lowest BCUT2D eigenvalue weighted by Crippen LogP contribution is -2.46. The highest BCUT2D eigenvalue weighted by Gasteiger charge is 2.26. The maximum atomic E-state index is 11.7. The van der Waals surface area contributed by atoms with Crippen LogP contribution < -0.4 is 11.1 Å². The quantitative estimate of drug-likeness (QED) is 0.806. The van der Waals surface area contributed by atoms with Crippen LogP contribution in [0.15, 0.2) is 0 Å². The fourth-order valence-electron chi connectivity index (χ4n) is 2.08. The van der Waals surface area contributed by atoms with Crippen LogP contribution in [0.25, 0.3) is 0 Å². The van der Waals surface area contributed by atoms with Crippen molar-refractivity contribution in [2.45, 2.75) is 56.9 Å². The Morgan fingerprint density at radius 3 is 2.71 bits per heavy atom. The number of carbonyl (C=O) groups excluding carboxylic acids is 1. The van der Waals surface area contributed by atoms with Crippen molar-refractivity contribution < 1.29 is 9.00 Å². The predicted octanol–water partition coefficient (Wildman–Crippen LogP) is 0.951. The third kappa shape index (κ3) is 5.36. The minimum Gasteiger partial charge on any atom is -0.352 e. The van der Waals surface area contributed by atoms with E-state index in [0.717, 1.165) is 25.7 Å². The van der Waals surface area contributed by atoms with Crippen LogP contribution in [0, 0.1) is 0 Å². The number of hydrogen-bond acceptors (Lipinski definition) is 3. The molecule has 4 nitrogen and oxygen atoms in total. The Morgan fingerprint density at radius 2 is 2.18 bits per heavy atom. The Kier molecular flexibility index (Phi) is 8.00. The third-order valence-corrected chi connectivity index (χ3v) is 4.78. The van der Waals surface area contributed by atoms with E-state index >= 15 is 0 Å². The zero-order valence-electron chi connectivity index (χ0n) is 10.5. The van der Waals surface area contributed by atoms with Crippen LogP contribution in [-0.2, 0) is 15.6 Å². The zero-order valence-corrected chi connectivity index (χ0v) is 12.1. The molecule has 1 saturated carbocycles. The summed E-state index contributed by atoms with van der Waals surface area (Å²) in [4.78, 5) is 11.4. The monoisotopic (exact) mass is 282 g/mol. The van der Waals surface area contributed by atoms with Gasteiger partial charge in [0.2, 0.25) is 5.91 Å². The minimum atomic E-state index is -0.742. The van der Waals surface area contributed by atoms with Crippen molar-refractivity contribution in [3.8, 4) is 0 Å². The summed E-state index contributed by atoms with van der Waals surface area (Å²) < 4.78 is 11.7. The molecule has 1 aliphatic carbocycles. The summed E-state index contributed by atoms with van der Waals surface area (Å²) in [5, 5.41) is 3.18. The molecule has 6 heteroatoms. The van der Waals surface area contributed by atoms with Crippen LogP contribution in [-0.4, -0.2) is 33.2 Å². The van der Waals surface area contributed by atoms with Gasteiger partial charge in [-0.2, -0.15) is 0 Å². The van der Waals surface area contributed by atoms with Crippen molar-refractivity contribution in [3.63, 3.8) is 0 Å². The van der Waals surface area contributed by atoms with Gasteiger partial charge in [-0.1, -0.05) is 13.3 Å². The average Bonchev–Trinajstić information content (AvgIpc) is 2.28. The van der Waals surface area contributed by atoms with E-state index in [4.69, 9.17) is 5.73 Å². The first kappa shape index (κ1) is 16.9. The standard InChI is InChI=1S/C11H22N2O2S.ClH/c1-3-16(15)10-6-4-5-9(7-10)13-11(14)8(2)12;/h8-10H,3-7,12H2,1-2H3,(H,13,14);1H/t8-,9?,10?,16?;/m0./s1. The molecule has 0 aromatic heterocycles. The summed E-state index contributed by atoms with van der Waals surface area (Å²) in [5.74, 6) is 0.603. The number of hydrogen-bond donors (Lipinski definition) is 2. The summed E-state index contributed by atoms with van der Waals surface area (Å²) in [6.07, 6.45) is 3.88. The molecule has 102 valence electrons. The zero-order chi connectivity index (χ0) is 12.1. The number of halogens is 1. The van der Waals surface area contributed by atoms with Gasteiger partial charge in [-0.15, -0.1) is 12.4 Å². The molecule has 0 heterocycles. The molecule has 0 spiro atoms. The number of nitrogens with two attached hydrogens (primary N) is 1. The van der Waals surface area contributed by atoms with E-state index in [9.17, 15) is 9.00 Å². The van der Waals surface area contributed by atoms with E-state index in [0.29, 0.717) is 5.75 Å². The van der Waals surface area contributed by atoms with E-state index in [1.807, 2.05) is 6.92 Å². The number of amides is 1.